The molecule has 128 valence electrons. The van der Waals surface area contributed by atoms with Crippen molar-refractivity contribution in [1.29, 1.82) is 0 Å². The first-order valence-corrected chi connectivity index (χ1v) is 8.39. The molecule has 0 aliphatic rings. The van der Waals surface area contributed by atoms with Crippen molar-refractivity contribution in [2.75, 3.05) is 16.4 Å². The van der Waals surface area contributed by atoms with Crippen LogP contribution in [0.3, 0.4) is 0 Å². The van der Waals surface area contributed by atoms with Gasteiger partial charge in [-0.25, -0.2) is 4.39 Å². The van der Waals surface area contributed by atoms with Crippen LogP contribution in [0, 0.1) is 12.7 Å². The van der Waals surface area contributed by atoms with Crippen LogP contribution in [0.5, 0.6) is 0 Å². The third kappa shape index (κ3) is 4.97. The minimum absolute atomic E-state index is 0.00303. The smallest absolute Gasteiger partial charge is 0.238 e. The summed E-state index contributed by atoms with van der Waals surface area (Å²) in [5, 5.41) is 8.08. The van der Waals surface area contributed by atoms with Gasteiger partial charge in [0.15, 0.2) is 11.6 Å². The first-order chi connectivity index (χ1) is 11.4. The van der Waals surface area contributed by atoms with Crippen LogP contribution in [-0.2, 0) is 9.59 Å². The minimum Gasteiger partial charge on any atom is -0.360 e. The number of nitrogens with one attached hydrogen (secondary N) is 2. The van der Waals surface area contributed by atoms with Gasteiger partial charge < -0.3 is 15.2 Å². The Bertz CT molecular complexity index is 753. The summed E-state index contributed by atoms with van der Waals surface area (Å²) in [5.41, 5.74) is 0.00303. The van der Waals surface area contributed by atoms with Gasteiger partial charge in [-0.3, -0.25) is 9.59 Å². The van der Waals surface area contributed by atoms with Crippen molar-refractivity contribution in [1.82, 2.24) is 5.16 Å². The number of aryl methyl sites for hydroxylation is 1. The summed E-state index contributed by atoms with van der Waals surface area (Å²) < 4.78 is 18.5. The molecule has 0 radical (unpaired) electrons. The number of rotatable bonds is 6. The van der Waals surface area contributed by atoms with Crippen LogP contribution in [0.2, 0.25) is 5.02 Å². The van der Waals surface area contributed by atoms with Crippen molar-refractivity contribution in [2.24, 2.45) is 0 Å². The Kier molecular flexibility index (Phi) is 6.22. The number of aromatic nitrogens is 1. The molecule has 0 saturated heterocycles. The molecule has 9 heteroatoms. The van der Waals surface area contributed by atoms with E-state index in [2.05, 4.69) is 15.8 Å². The molecule has 0 bridgehead atoms. The second-order valence-electron chi connectivity index (χ2n) is 4.91. The summed E-state index contributed by atoms with van der Waals surface area (Å²) in [6.07, 6.45) is 0. The number of amides is 2. The van der Waals surface area contributed by atoms with Crippen molar-refractivity contribution in [3.8, 4) is 0 Å². The van der Waals surface area contributed by atoms with Crippen LogP contribution in [0.15, 0.2) is 28.8 Å². The molecule has 0 aliphatic carbocycles. The number of hydrogen-bond acceptors (Lipinski definition) is 5. The minimum atomic E-state index is -0.690. The number of hydrogen-bond donors (Lipinski definition) is 2. The zero-order valence-electron chi connectivity index (χ0n) is 12.9. The molecule has 1 aromatic carbocycles. The molecule has 1 unspecified atom stereocenters. The molecule has 1 atom stereocenters. The Morgan fingerprint density at radius 3 is 2.83 bits per heavy atom. The highest BCUT2D eigenvalue weighted by atomic mass is 35.5. The van der Waals surface area contributed by atoms with E-state index in [1.165, 1.54) is 18.2 Å². The molecule has 2 N–H and O–H groups in total. The Labute approximate surface area is 147 Å². The molecular formula is C15H15ClFN3O3S. The van der Waals surface area contributed by atoms with Crippen LogP contribution in [0.1, 0.15) is 12.7 Å². The molecule has 1 aromatic heterocycles. The van der Waals surface area contributed by atoms with Crippen molar-refractivity contribution in [3.63, 3.8) is 0 Å². The fourth-order valence-electron chi connectivity index (χ4n) is 1.72. The normalized spacial score (nSPS) is 11.8. The highest BCUT2D eigenvalue weighted by Gasteiger charge is 2.17. The lowest BCUT2D eigenvalue weighted by Crippen LogP contribution is -2.25. The summed E-state index contributed by atoms with van der Waals surface area (Å²) in [6.45, 7) is 3.36. The quantitative estimate of drug-likeness (QED) is 0.812. The lowest BCUT2D eigenvalue weighted by atomic mass is 10.3. The summed E-state index contributed by atoms with van der Waals surface area (Å²) in [4.78, 5) is 23.8. The van der Waals surface area contributed by atoms with Crippen LogP contribution in [0.25, 0.3) is 0 Å². The number of anilines is 2. The number of carbonyl (C=O) groups excluding carboxylic acids is 2. The third-order valence-corrected chi connectivity index (χ3v) is 4.37. The highest BCUT2D eigenvalue weighted by Crippen LogP contribution is 2.22. The van der Waals surface area contributed by atoms with E-state index in [9.17, 15) is 14.0 Å². The predicted molar refractivity (Wildman–Crippen MR) is 91.8 cm³/mol. The Hall–Kier alpha value is -2.06. The highest BCUT2D eigenvalue weighted by molar-refractivity contribution is 8.01. The van der Waals surface area contributed by atoms with Crippen LogP contribution in [-0.4, -0.2) is 28.0 Å². The van der Waals surface area contributed by atoms with E-state index in [-0.39, 0.29) is 22.4 Å². The van der Waals surface area contributed by atoms with Gasteiger partial charge in [-0.15, -0.1) is 11.8 Å². The zero-order valence-corrected chi connectivity index (χ0v) is 14.5. The molecule has 0 aliphatic heterocycles. The summed E-state index contributed by atoms with van der Waals surface area (Å²) in [7, 11) is 0. The van der Waals surface area contributed by atoms with Gasteiger partial charge in [-0.05, 0) is 26.0 Å². The SMILES string of the molecule is Cc1cc(NC(=O)C(C)SCC(=O)Nc2cccc(Cl)c2F)no1. The summed E-state index contributed by atoms with van der Waals surface area (Å²) in [5.74, 6) is -0.556. The zero-order chi connectivity index (χ0) is 17.7. The first-order valence-electron chi connectivity index (χ1n) is 6.96. The first kappa shape index (κ1) is 18.3. The van der Waals surface area contributed by atoms with Gasteiger partial charge >= 0.3 is 0 Å². The van der Waals surface area contributed by atoms with Gasteiger partial charge in [0, 0.05) is 6.07 Å². The molecule has 2 amide bonds. The molecular weight excluding hydrogens is 357 g/mol. The molecule has 2 rings (SSSR count). The second kappa shape index (κ2) is 8.16. The fourth-order valence-corrected chi connectivity index (χ4v) is 2.57. The van der Waals surface area contributed by atoms with Gasteiger partial charge in [0.2, 0.25) is 11.8 Å². The number of thioether (sulfide) groups is 1. The van der Waals surface area contributed by atoms with E-state index < -0.39 is 17.0 Å². The Morgan fingerprint density at radius 2 is 2.17 bits per heavy atom. The van der Waals surface area contributed by atoms with Gasteiger partial charge in [0.1, 0.15) is 5.76 Å². The number of halogens is 2. The molecule has 2 aromatic rings. The average Bonchev–Trinajstić information content (AvgIpc) is 2.94. The van der Waals surface area contributed by atoms with Crippen LogP contribution >= 0.6 is 23.4 Å². The van der Waals surface area contributed by atoms with E-state index in [1.807, 2.05) is 0 Å². The number of nitrogens with zero attached hydrogens (tertiary/aromatic N) is 1. The molecule has 0 saturated carbocycles. The topological polar surface area (TPSA) is 84.2 Å². The average molecular weight is 372 g/mol. The predicted octanol–water partition coefficient (Wildman–Crippen LogP) is 3.47. The Balaban J connectivity index is 1.82. The third-order valence-electron chi connectivity index (χ3n) is 2.94. The summed E-state index contributed by atoms with van der Waals surface area (Å²) >= 11 is 6.76. The number of carbonyl (C=O) groups is 2. The van der Waals surface area contributed by atoms with E-state index in [0.29, 0.717) is 11.6 Å². The van der Waals surface area contributed by atoms with Crippen molar-refractivity contribution < 1.29 is 18.5 Å². The molecule has 0 fully saturated rings. The second-order valence-corrected chi connectivity index (χ2v) is 6.65. The van der Waals surface area contributed by atoms with Crippen molar-refractivity contribution >= 4 is 46.7 Å². The standard InChI is InChI=1S/C15H15ClFN3O3S/c1-8-6-12(20-23-8)19-15(22)9(2)24-7-13(21)18-11-5-3-4-10(16)14(11)17/h3-6,9H,7H2,1-2H3,(H,18,21)(H,19,20,22). The Morgan fingerprint density at radius 1 is 1.42 bits per heavy atom. The summed E-state index contributed by atoms with van der Waals surface area (Å²) in [6, 6.07) is 5.92. The van der Waals surface area contributed by atoms with Crippen molar-refractivity contribution in [3.05, 3.63) is 40.9 Å². The van der Waals surface area contributed by atoms with Crippen LogP contribution in [0.4, 0.5) is 15.9 Å². The molecule has 0 spiro atoms. The maximum Gasteiger partial charge on any atom is 0.238 e. The molecule has 6 nitrogen and oxygen atoms in total. The fraction of sp³-hybridized carbons (Fsp3) is 0.267. The van der Waals surface area contributed by atoms with Crippen LogP contribution < -0.4 is 10.6 Å². The molecule has 24 heavy (non-hydrogen) atoms. The van der Waals surface area contributed by atoms with Gasteiger partial charge in [-0.1, -0.05) is 22.8 Å². The van der Waals surface area contributed by atoms with Crippen molar-refractivity contribution in [2.45, 2.75) is 19.1 Å². The van der Waals surface area contributed by atoms with Gasteiger partial charge in [0.05, 0.1) is 21.7 Å². The van der Waals surface area contributed by atoms with E-state index >= 15 is 0 Å². The maximum atomic E-state index is 13.7. The maximum absolute atomic E-state index is 13.7. The lowest BCUT2D eigenvalue weighted by Gasteiger charge is -2.11. The lowest BCUT2D eigenvalue weighted by molar-refractivity contribution is -0.115. The molecule has 1 heterocycles. The monoisotopic (exact) mass is 371 g/mol. The van der Waals surface area contributed by atoms with Gasteiger partial charge in [0.25, 0.3) is 0 Å². The van der Waals surface area contributed by atoms with Gasteiger partial charge in [-0.2, -0.15) is 0 Å². The van der Waals surface area contributed by atoms with E-state index in [0.717, 1.165) is 11.8 Å². The largest absolute Gasteiger partial charge is 0.360 e. The van der Waals surface area contributed by atoms with E-state index in [1.54, 1.807) is 19.9 Å². The number of benzene rings is 1. The van der Waals surface area contributed by atoms with E-state index in [4.69, 9.17) is 16.1 Å².